The Morgan fingerprint density at radius 1 is 1.50 bits per heavy atom. The molecule has 2 N–H and O–H groups in total. The summed E-state index contributed by atoms with van der Waals surface area (Å²) in [6, 6.07) is 0. The monoisotopic (exact) mass is 197 g/mol. The number of H-pyrrole nitrogens is 1. The molecule has 78 valence electrons. The molecule has 1 saturated carbocycles. The van der Waals surface area contributed by atoms with E-state index in [2.05, 4.69) is 10.2 Å². The van der Waals surface area contributed by atoms with E-state index >= 15 is 0 Å². The fourth-order valence-corrected chi connectivity index (χ4v) is 2.07. The second-order valence-electron chi connectivity index (χ2n) is 4.07. The maximum Gasteiger partial charge on any atom is 0.343 e. The summed E-state index contributed by atoms with van der Waals surface area (Å²) < 4.78 is 1.44. The predicted molar refractivity (Wildman–Crippen MR) is 50.9 cm³/mol. The van der Waals surface area contributed by atoms with Crippen LogP contribution >= 0.6 is 0 Å². The van der Waals surface area contributed by atoms with Crippen LogP contribution in [0.4, 0.5) is 0 Å². The van der Waals surface area contributed by atoms with Crippen LogP contribution in [-0.2, 0) is 6.54 Å². The number of aromatic nitrogens is 3. The van der Waals surface area contributed by atoms with Gasteiger partial charge in [-0.2, -0.15) is 5.10 Å². The van der Waals surface area contributed by atoms with Crippen molar-refractivity contribution in [2.45, 2.75) is 44.2 Å². The lowest BCUT2D eigenvalue weighted by Gasteiger charge is -2.31. The first kappa shape index (κ1) is 9.45. The molecule has 0 aliphatic heterocycles. The molecule has 0 bridgehead atoms. The molecule has 1 aromatic rings. The fraction of sp³-hybridized carbons (Fsp3) is 0.778. The average molecular weight is 197 g/mol. The summed E-state index contributed by atoms with van der Waals surface area (Å²) >= 11 is 0. The van der Waals surface area contributed by atoms with Gasteiger partial charge in [0.05, 0.1) is 12.1 Å². The normalized spacial score (nSPS) is 20.9. The van der Waals surface area contributed by atoms with Gasteiger partial charge in [0.1, 0.15) is 6.33 Å². The first-order valence-corrected chi connectivity index (χ1v) is 5.02. The van der Waals surface area contributed by atoms with Crippen LogP contribution < -0.4 is 5.69 Å². The summed E-state index contributed by atoms with van der Waals surface area (Å²) in [7, 11) is 0. The van der Waals surface area contributed by atoms with Crippen LogP contribution in [0.2, 0.25) is 0 Å². The number of rotatable bonds is 2. The molecule has 0 atom stereocenters. The summed E-state index contributed by atoms with van der Waals surface area (Å²) in [5.41, 5.74) is -0.949. The smallest absolute Gasteiger partial charge is 0.343 e. The Hall–Kier alpha value is -1.10. The summed E-state index contributed by atoms with van der Waals surface area (Å²) in [6.45, 7) is 0.363. The average Bonchev–Trinajstić information content (AvgIpc) is 2.52. The van der Waals surface area contributed by atoms with Gasteiger partial charge in [0.2, 0.25) is 0 Å². The van der Waals surface area contributed by atoms with Gasteiger partial charge in [-0.15, -0.1) is 0 Å². The minimum atomic E-state index is -0.702. The summed E-state index contributed by atoms with van der Waals surface area (Å²) in [5.74, 6) is 0. The number of nitrogens with zero attached hydrogens (tertiary/aromatic N) is 2. The Bertz CT molecular complexity index is 349. The van der Waals surface area contributed by atoms with E-state index < -0.39 is 5.60 Å². The third kappa shape index (κ3) is 1.87. The zero-order chi connectivity index (χ0) is 10.0. The molecule has 0 aromatic carbocycles. The van der Waals surface area contributed by atoms with E-state index in [1.165, 1.54) is 17.3 Å². The van der Waals surface area contributed by atoms with Gasteiger partial charge in [-0.3, -0.25) is 4.57 Å². The van der Waals surface area contributed by atoms with Crippen LogP contribution in [0.25, 0.3) is 0 Å². The standard InChI is InChI=1S/C9H15N3O2/c13-8-11-10-7-12(8)6-9(14)4-2-1-3-5-9/h7,14H,1-6H2,(H,11,13). The Balaban J connectivity index is 2.09. The van der Waals surface area contributed by atoms with Crippen molar-refractivity contribution in [3.8, 4) is 0 Å². The van der Waals surface area contributed by atoms with Crippen molar-refractivity contribution < 1.29 is 5.11 Å². The predicted octanol–water partition coefficient (Wildman–Crippen LogP) is 0.267. The fourth-order valence-electron chi connectivity index (χ4n) is 2.07. The lowest BCUT2D eigenvalue weighted by molar-refractivity contribution is -0.0122. The van der Waals surface area contributed by atoms with Crippen LogP contribution in [-0.4, -0.2) is 25.5 Å². The Morgan fingerprint density at radius 2 is 2.21 bits per heavy atom. The van der Waals surface area contributed by atoms with Gasteiger partial charge >= 0.3 is 5.69 Å². The second kappa shape index (κ2) is 3.57. The molecule has 14 heavy (non-hydrogen) atoms. The Labute approximate surface area is 81.8 Å². The lowest BCUT2D eigenvalue weighted by atomic mass is 9.85. The molecule has 1 aromatic heterocycles. The van der Waals surface area contributed by atoms with E-state index in [1.807, 2.05) is 0 Å². The third-order valence-electron chi connectivity index (χ3n) is 2.87. The highest BCUT2D eigenvalue weighted by Crippen LogP contribution is 2.28. The number of hydrogen-bond acceptors (Lipinski definition) is 3. The highest BCUT2D eigenvalue weighted by atomic mass is 16.3. The van der Waals surface area contributed by atoms with E-state index in [0.29, 0.717) is 6.54 Å². The van der Waals surface area contributed by atoms with Crippen molar-refractivity contribution in [1.29, 1.82) is 0 Å². The highest BCUT2D eigenvalue weighted by molar-refractivity contribution is 4.83. The summed E-state index contributed by atoms with van der Waals surface area (Å²) in [4.78, 5) is 11.2. The maximum atomic E-state index is 11.2. The third-order valence-corrected chi connectivity index (χ3v) is 2.87. The zero-order valence-corrected chi connectivity index (χ0v) is 8.07. The largest absolute Gasteiger partial charge is 0.388 e. The number of nitrogens with one attached hydrogen (secondary N) is 1. The maximum absolute atomic E-state index is 11.2. The molecule has 0 unspecified atom stereocenters. The van der Waals surface area contributed by atoms with Gasteiger partial charge in [-0.05, 0) is 12.8 Å². The molecule has 5 nitrogen and oxygen atoms in total. The molecule has 5 heteroatoms. The minimum Gasteiger partial charge on any atom is -0.388 e. The highest BCUT2D eigenvalue weighted by Gasteiger charge is 2.29. The van der Waals surface area contributed by atoms with Gasteiger partial charge in [-0.25, -0.2) is 9.89 Å². The first-order valence-electron chi connectivity index (χ1n) is 5.02. The van der Waals surface area contributed by atoms with E-state index in [4.69, 9.17) is 0 Å². The molecular weight excluding hydrogens is 182 g/mol. The molecule has 0 spiro atoms. The number of aliphatic hydroxyl groups is 1. The van der Waals surface area contributed by atoms with E-state index in [1.54, 1.807) is 0 Å². The van der Waals surface area contributed by atoms with Gasteiger partial charge < -0.3 is 5.11 Å². The van der Waals surface area contributed by atoms with Crippen LogP contribution in [0.5, 0.6) is 0 Å². The van der Waals surface area contributed by atoms with E-state index in [-0.39, 0.29) is 5.69 Å². The molecule has 1 heterocycles. The van der Waals surface area contributed by atoms with Crippen LogP contribution in [0.3, 0.4) is 0 Å². The van der Waals surface area contributed by atoms with Gasteiger partial charge in [-0.1, -0.05) is 19.3 Å². The van der Waals surface area contributed by atoms with Crippen molar-refractivity contribution in [2.75, 3.05) is 0 Å². The molecule has 0 amide bonds. The van der Waals surface area contributed by atoms with Crippen molar-refractivity contribution >= 4 is 0 Å². The van der Waals surface area contributed by atoms with Gasteiger partial charge in [0, 0.05) is 0 Å². The lowest BCUT2D eigenvalue weighted by Crippen LogP contribution is -2.38. The van der Waals surface area contributed by atoms with Crippen LogP contribution in [0.15, 0.2) is 11.1 Å². The van der Waals surface area contributed by atoms with E-state index in [0.717, 1.165) is 25.7 Å². The van der Waals surface area contributed by atoms with Crippen molar-refractivity contribution in [3.63, 3.8) is 0 Å². The summed E-state index contributed by atoms with van der Waals surface area (Å²) in [6.07, 6.45) is 6.28. The number of aromatic amines is 1. The second-order valence-corrected chi connectivity index (χ2v) is 4.07. The molecule has 1 fully saturated rings. The molecule has 1 aliphatic rings. The Morgan fingerprint density at radius 3 is 2.79 bits per heavy atom. The molecule has 0 radical (unpaired) electrons. The van der Waals surface area contributed by atoms with Crippen molar-refractivity contribution in [1.82, 2.24) is 14.8 Å². The van der Waals surface area contributed by atoms with Crippen LogP contribution in [0.1, 0.15) is 32.1 Å². The SMILES string of the molecule is O=c1[nH]ncn1CC1(O)CCCCC1. The van der Waals surface area contributed by atoms with Crippen molar-refractivity contribution in [2.24, 2.45) is 0 Å². The first-order chi connectivity index (χ1) is 6.70. The molecule has 0 saturated heterocycles. The number of hydrogen-bond donors (Lipinski definition) is 2. The zero-order valence-electron chi connectivity index (χ0n) is 8.07. The van der Waals surface area contributed by atoms with Gasteiger partial charge in [0.25, 0.3) is 0 Å². The summed E-state index contributed by atoms with van der Waals surface area (Å²) in [5, 5.41) is 16.1. The Kier molecular flexibility index (Phi) is 2.41. The minimum absolute atomic E-state index is 0.246. The topological polar surface area (TPSA) is 70.9 Å². The van der Waals surface area contributed by atoms with E-state index in [9.17, 15) is 9.90 Å². The molecular formula is C9H15N3O2. The molecule has 2 rings (SSSR count). The molecule has 1 aliphatic carbocycles. The quantitative estimate of drug-likeness (QED) is 0.714. The van der Waals surface area contributed by atoms with Gasteiger partial charge in [0.15, 0.2) is 0 Å². The van der Waals surface area contributed by atoms with Crippen LogP contribution in [0, 0.1) is 0 Å². The van der Waals surface area contributed by atoms with Crippen molar-refractivity contribution in [3.05, 3.63) is 16.8 Å².